The van der Waals surface area contributed by atoms with Crippen LogP contribution < -0.4 is 0 Å². The monoisotopic (exact) mass is 372 g/mol. The van der Waals surface area contributed by atoms with E-state index in [-0.39, 0.29) is 0 Å². The average Bonchev–Trinajstić information content (AvgIpc) is 3.05. The number of benzene rings is 2. The third-order valence-electron chi connectivity index (χ3n) is 4.77. The van der Waals surface area contributed by atoms with E-state index in [4.69, 9.17) is 11.3 Å². The predicted octanol–water partition coefficient (Wildman–Crippen LogP) is 6.04. The SMILES string of the molecule is [C-]#[N+]c1cn(C)c(C(=O)OCC)c1-c1ccc(-c2ccccc2CCC)cc1. The van der Waals surface area contributed by atoms with Crippen LogP contribution in [0.25, 0.3) is 27.1 Å². The van der Waals surface area contributed by atoms with Gasteiger partial charge >= 0.3 is 5.97 Å². The summed E-state index contributed by atoms with van der Waals surface area (Å²) in [5.41, 5.74) is 6.00. The maximum atomic E-state index is 12.4. The average molecular weight is 372 g/mol. The number of hydrogen-bond acceptors (Lipinski definition) is 2. The summed E-state index contributed by atoms with van der Waals surface area (Å²) in [4.78, 5) is 16.1. The first-order valence-electron chi connectivity index (χ1n) is 9.53. The number of carbonyl (C=O) groups excluding carboxylic acids is 1. The third kappa shape index (κ3) is 3.70. The van der Waals surface area contributed by atoms with Crippen LogP contribution >= 0.6 is 0 Å². The summed E-state index contributed by atoms with van der Waals surface area (Å²) in [6.07, 6.45) is 3.81. The summed E-state index contributed by atoms with van der Waals surface area (Å²) in [5, 5.41) is 0. The van der Waals surface area contributed by atoms with Gasteiger partial charge in [0, 0.05) is 18.8 Å². The molecule has 3 rings (SSSR count). The summed E-state index contributed by atoms with van der Waals surface area (Å²) >= 11 is 0. The molecule has 0 N–H and O–H groups in total. The fraction of sp³-hybridized carbons (Fsp3) is 0.250. The lowest BCUT2D eigenvalue weighted by atomic mass is 9.95. The maximum absolute atomic E-state index is 12.4. The zero-order valence-corrected chi connectivity index (χ0v) is 16.5. The van der Waals surface area contributed by atoms with E-state index >= 15 is 0 Å². The fourth-order valence-electron chi connectivity index (χ4n) is 3.53. The topological polar surface area (TPSA) is 35.6 Å². The molecule has 1 aromatic heterocycles. The molecule has 0 atom stereocenters. The molecule has 0 radical (unpaired) electrons. The van der Waals surface area contributed by atoms with Crippen LogP contribution in [0.1, 0.15) is 36.3 Å². The van der Waals surface area contributed by atoms with Gasteiger partial charge in [0.05, 0.1) is 13.2 Å². The summed E-state index contributed by atoms with van der Waals surface area (Å²) in [5.74, 6) is -0.410. The molecule has 0 spiro atoms. The Kier molecular flexibility index (Phi) is 5.96. The van der Waals surface area contributed by atoms with E-state index in [1.807, 2.05) is 12.1 Å². The van der Waals surface area contributed by atoms with Gasteiger partial charge in [-0.05, 0) is 35.6 Å². The predicted molar refractivity (Wildman–Crippen MR) is 112 cm³/mol. The Morgan fingerprint density at radius 3 is 2.39 bits per heavy atom. The number of carbonyl (C=O) groups is 1. The number of nitrogens with zero attached hydrogens (tertiary/aromatic N) is 2. The van der Waals surface area contributed by atoms with Gasteiger partial charge in [0.2, 0.25) is 5.69 Å². The largest absolute Gasteiger partial charge is 0.461 e. The van der Waals surface area contributed by atoms with Gasteiger partial charge in [-0.2, -0.15) is 0 Å². The van der Waals surface area contributed by atoms with Crippen LogP contribution in [-0.4, -0.2) is 17.1 Å². The van der Waals surface area contributed by atoms with Gasteiger partial charge in [-0.3, -0.25) is 0 Å². The maximum Gasteiger partial charge on any atom is 0.354 e. The van der Waals surface area contributed by atoms with E-state index < -0.39 is 5.97 Å². The van der Waals surface area contributed by atoms with E-state index in [0.29, 0.717) is 23.6 Å². The Labute approximate surface area is 166 Å². The standard InChI is InChI=1S/C24H24N2O2/c1-5-9-17-10-7-8-11-20(17)18-12-14-19(15-13-18)22-21(25-3)16-26(4)23(22)24(27)28-6-2/h7-8,10-16H,5-6,9H2,1-2,4H3. The highest BCUT2D eigenvalue weighted by Gasteiger charge is 2.22. The van der Waals surface area contributed by atoms with E-state index in [9.17, 15) is 4.79 Å². The zero-order valence-electron chi connectivity index (χ0n) is 16.5. The van der Waals surface area contributed by atoms with Crippen molar-refractivity contribution >= 4 is 11.7 Å². The van der Waals surface area contributed by atoms with Crippen molar-refractivity contribution in [1.82, 2.24) is 4.57 Å². The van der Waals surface area contributed by atoms with Crippen molar-refractivity contribution in [3.63, 3.8) is 0 Å². The smallest absolute Gasteiger partial charge is 0.354 e. The molecule has 2 aromatic carbocycles. The lowest BCUT2D eigenvalue weighted by Crippen LogP contribution is -2.10. The summed E-state index contributed by atoms with van der Waals surface area (Å²) in [6.45, 7) is 11.7. The quantitative estimate of drug-likeness (QED) is 0.391. The van der Waals surface area contributed by atoms with Gasteiger partial charge in [-0.15, -0.1) is 0 Å². The number of aromatic nitrogens is 1. The van der Waals surface area contributed by atoms with E-state index in [1.165, 1.54) is 11.1 Å². The molecule has 1 heterocycles. The molecule has 3 aromatic rings. The second kappa shape index (κ2) is 8.58. The molecule has 0 amide bonds. The lowest BCUT2D eigenvalue weighted by Gasteiger charge is -2.11. The number of ether oxygens (including phenoxy) is 1. The molecule has 4 heteroatoms. The molecule has 0 fully saturated rings. The molecule has 4 nitrogen and oxygen atoms in total. The molecule has 0 unspecified atom stereocenters. The van der Waals surface area contributed by atoms with E-state index in [2.05, 4.69) is 48.2 Å². The molecule has 0 aliphatic carbocycles. The minimum Gasteiger partial charge on any atom is -0.461 e. The Morgan fingerprint density at radius 1 is 1.07 bits per heavy atom. The fourth-order valence-corrected chi connectivity index (χ4v) is 3.53. The highest BCUT2D eigenvalue weighted by molar-refractivity contribution is 6.00. The summed E-state index contributed by atoms with van der Waals surface area (Å²) in [6, 6.07) is 16.5. The molecular weight excluding hydrogens is 348 g/mol. The summed E-state index contributed by atoms with van der Waals surface area (Å²) in [7, 11) is 1.76. The van der Waals surface area contributed by atoms with Crippen molar-refractivity contribution in [2.75, 3.05) is 6.61 Å². The summed E-state index contributed by atoms with van der Waals surface area (Å²) < 4.78 is 6.87. The van der Waals surface area contributed by atoms with Gasteiger partial charge in [-0.25, -0.2) is 9.64 Å². The number of hydrogen-bond donors (Lipinski definition) is 0. The molecule has 28 heavy (non-hydrogen) atoms. The van der Waals surface area contributed by atoms with Crippen molar-refractivity contribution in [2.24, 2.45) is 7.05 Å². The van der Waals surface area contributed by atoms with Crippen molar-refractivity contribution in [2.45, 2.75) is 26.7 Å². The Balaban J connectivity index is 2.06. The molecule has 0 bridgehead atoms. The van der Waals surface area contributed by atoms with Crippen LogP contribution in [0.4, 0.5) is 5.69 Å². The molecule has 0 saturated heterocycles. The van der Waals surface area contributed by atoms with Crippen molar-refractivity contribution in [3.8, 4) is 22.3 Å². The Bertz CT molecular complexity index is 1020. The molecule has 142 valence electrons. The van der Waals surface area contributed by atoms with Crippen molar-refractivity contribution < 1.29 is 9.53 Å². The number of aryl methyl sites for hydroxylation is 2. The second-order valence-electron chi connectivity index (χ2n) is 6.67. The molecule has 0 aliphatic rings. The Hall–Kier alpha value is -3.32. The van der Waals surface area contributed by atoms with E-state index in [1.54, 1.807) is 24.7 Å². The minimum absolute atomic E-state index is 0.296. The lowest BCUT2D eigenvalue weighted by molar-refractivity contribution is 0.0516. The molecule has 0 aliphatic heterocycles. The van der Waals surface area contributed by atoms with Gasteiger partial charge in [0.1, 0.15) is 5.69 Å². The first-order valence-corrected chi connectivity index (χ1v) is 9.53. The Morgan fingerprint density at radius 2 is 1.75 bits per heavy atom. The normalized spacial score (nSPS) is 10.5. The van der Waals surface area contributed by atoms with Gasteiger partial charge in [-0.1, -0.05) is 61.9 Å². The third-order valence-corrected chi connectivity index (χ3v) is 4.77. The zero-order chi connectivity index (χ0) is 20.1. The number of rotatable bonds is 6. The second-order valence-corrected chi connectivity index (χ2v) is 6.67. The highest BCUT2D eigenvalue weighted by atomic mass is 16.5. The van der Waals surface area contributed by atoms with Crippen LogP contribution in [0.15, 0.2) is 54.7 Å². The van der Waals surface area contributed by atoms with Crippen LogP contribution in [0.3, 0.4) is 0 Å². The van der Waals surface area contributed by atoms with Crippen LogP contribution in [0.5, 0.6) is 0 Å². The van der Waals surface area contributed by atoms with Gasteiger partial charge in [0.15, 0.2) is 0 Å². The van der Waals surface area contributed by atoms with Crippen LogP contribution in [0.2, 0.25) is 0 Å². The van der Waals surface area contributed by atoms with Crippen LogP contribution in [0, 0.1) is 6.57 Å². The first-order chi connectivity index (χ1) is 13.6. The molecule has 0 saturated carbocycles. The highest BCUT2D eigenvalue weighted by Crippen LogP contribution is 2.37. The van der Waals surface area contributed by atoms with E-state index in [0.717, 1.165) is 24.0 Å². The minimum atomic E-state index is -0.410. The number of esters is 1. The van der Waals surface area contributed by atoms with Gasteiger partial charge < -0.3 is 9.30 Å². The van der Waals surface area contributed by atoms with Gasteiger partial charge in [0.25, 0.3) is 0 Å². The van der Waals surface area contributed by atoms with Crippen molar-refractivity contribution in [1.29, 1.82) is 0 Å². The molecular formula is C24H24N2O2. The first kappa shape index (κ1) is 19.4. The van der Waals surface area contributed by atoms with Crippen LogP contribution in [-0.2, 0) is 18.2 Å². The van der Waals surface area contributed by atoms with Crippen molar-refractivity contribution in [3.05, 3.63) is 77.4 Å².